The van der Waals surface area contributed by atoms with Gasteiger partial charge in [0, 0.05) is 37.1 Å². The molecule has 2 heterocycles. The molecule has 0 radical (unpaired) electrons. The molecule has 1 aromatic heterocycles. The van der Waals surface area contributed by atoms with Crippen molar-refractivity contribution in [3.05, 3.63) is 46.5 Å². The lowest BCUT2D eigenvalue weighted by molar-refractivity contribution is -0.137. The van der Waals surface area contributed by atoms with Gasteiger partial charge in [0.05, 0.1) is 5.56 Å². The number of carbonyl (C=O) groups excluding carboxylic acids is 1. The van der Waals surface area contributed by atoms with Crippen molar-refractivity contribution in [1.29, 1.82) is 0 Å². The summed E-state index contributed by atoms with van der Waals surface area (Å²) in [4.78, 5) is 17.1. The van der Waals surface area contributed by atoms with Gasteiger partial charge >= 0.3 is 6.18 Å². The molecule has 8 heteroatoms. The molecule has 26 heavy (non-hydrogen) atoms. The average molecular weight is 384 g/mol. The highest BCUT2D eigenvalue weighted by Gasteiger charge is 2.29. The fraction of sp³-hybridized carbons (Fsp3) is 0.444. The lowest BCUT2D eigenvalue weighted by Gasteiger charge is -2.21. The molecule has 1 saturated heterocycles. The first-order valence-electron chi connectivity index (χ1n) is 8.38. The van der Waals surface area contributed by atoms with Crippen molar-refractivity contribution in [2.24, 2.45) is 5.92 Å². The van der Waals surface area contributed by atoms with Crippen LogP contribution >= 0.6 is 11.3 Å². The molecule has 1 aromatic carbocycles. The Labute approximate surface area is 153 Å². The van der Waals surface area contributed by atoms with Crippen LogP contribution in [0.3, 0.4) is 0 Å². The van der Waals surface area contributed by atoms with E-state index in [-0.39, 0.29) is 11.8 Å². The molecule has 1 N–H and O–H groups in total. The van der Waals surface area contributed by atoms with Gasteiger partial charge in [0.2, 0.25) is 5.91 Å². The van der Waals surface area contributed by atoms with Gasteiger partial charge in [-0.2, -0.15) is 13.2 Å². The van der Waals surface area contributed by atoms with Crippen LogP contribution < -0.4 is 5.32 Å². The first-order chi connectivity index (χ1) is 12.4. The van der Waals surface area contributed by atoms with E-state index in [9.17, 15) is 18.0 Å². The van der Waals surface area contributed by atoms with Crippen molar-refractivity contribution in [3.63, 3.8) is 0 Å². The number of rotatable bonds is 5. The van der Waals surface area contributed by atoms with E-state index in [4.69, 9.17) is 4.74 Å². The number of hydrogen-bond donors (Lipinski definition) is 1. The Hall–Kier alpha value is -1.93. The van der Waals surface area contributed by atoms with E-state index >= 15 is 0 Å². The van der Waals surface area contributed by atoms with Crippen molar-refractivity contribution in [2.45, 2.75) is 31.9 Å². The summed E-state index contributed by atoms with van der Waals surface area (Å²) in [5.74, 6) is 0.159. The molecular formula is C18H19F3N2O2S. The Balaban J connectivity index is 1.53. The van der Waals surface area contributed by atoms with Crippen molar-refractivity contribution in [1.82, 2.24) is 4.98 Å². The van der Waals surface area contributed by atoms with E-state index in [2.05, 4.69) is 10.3 Å². The summed E-state index contributed by atoms with van der Waals surface area (Å²) in [6, 6.07) is 5.07. The zero-order valence-electron chi connectivity index (χ0n) is 14.0. The zero-order valence-corrected chi connectivity index (χ0v) is 14.8. The third kappa shape index (κ3) is 5.28. The van der Waals surface area contributed by atoms with Crippen LogP contribution in [0.15, 0.2) is 30.5 Å². The highest BCUT2D eigenvalue weighted by Crippen LogP contribution is 2.30. The van der Waals surface area contributed by atoms with E-state index < -0.39 is 11.7 Å². The summed E-state index contributed by atoms with van der Waals surface area (Å²) in [6.07, 6.45) is 0.165. The largest absolute Gasteiger partial charge is 0.416 e. The molecule has 140 valence electrons. The monoisotopic (exact) mass is 384 g/mol. The molecule has 0 bridgehead atoms. The summed E-state index contributed by atoms with van der Waals surface area (Å²) in [5, 5.41) is 3.30. The smallest absolute Gasteiger partial charge is 0.381 e. The van der Waals surface area contributed by atoms with Crippen LogP contribution in [0.1, 0.15) is 35.3 Å². The van der Waals surface area contributed by atoms with Crippen LogP contribution in [0.5, 0.6) is 0 Å². The molecule has 1 atom stereocenters. The van der Waals surface area contributed by atoms with Gasteiger partial charge in [-0.05, 0) is 36.5 Å². The Kier molecular flexibility index (Phi) is 5.93. The van der Waals surface area contributed by atoms with Gasteiger partial charge < -0.3 is 10.1 Å². The van der Waals surface area contributed by atoms with Crippen LogP contribution in [0.2, 0.25) is 0 Å². The lowest BCUT2D eigenvalue weighted by atomic mass is 9.98. The van der Waals surface area contributed by atoms with Gasteiger partial charge in [0.15, 0.2) is 5.13 Å². The van der Waals surface area contributed by atoms with Crippen LogP contribution in [-0.2, 0) is 22.1 Å². The maximum atomic E-state index is 12.6. The van der Waals surface area contributed by atoms with Crippen molar-refractivity contribution in [2.75, 3.05) is 18.5 Å². The van der Waals surface area contributed by atoms with Crippen molar-refractivity contribution < 1.29 is 22.7 Å². The minimum absolute atomic E-state index is 0.0871. The zero-order chi connectivity index (χ0) is 18.6. The van der Waals surface area contributed by atoms with Gasteiger partial charge in [0.25, 0.3) is 0 Å². The number of benzene rings is 1. The predicted octanol–water partition coefficient (Wildman–Crippen LogP) is 4.51. The van der Waals surface area contributed by atoms with Gasteiger partial charge in [-0.25, -0.2) is 4.98 Å². The van der Waals surface area contributed by atoms with Gasteiger partial charge in [-0.1, -0.05) is 12.1 Å². The first-order valence-corrected chi connectivity index (χ1v) is 9.20. The van der Waals surface area contributed by atoms with Gasteiger partial charge in [0.1, 0.15) is 0 Å². The van der Waals surface area contributed by atoms with Crippen LogP contribution in [0, 0.1) is 5.92 Å². The molecule has 1 fully saturated rings. The number of nitrogens with zero attached hydrogens (tertiary/aromatic N) is 1. The first kappa shape index (κ1) is 18.8. The Morgan fingerprint density at radius 2 is 2.08 bits per heavy atom. The summed E-state index contributed by atoms with van der Waals surface area (Å²) >= 11 is 1.33. The maximum Gasteiger partial charge on any atom is 0.416 e. The van der Waals surface area contributed by atoms with E-state index in [1.165, 1.54) is 23.5 Å². The van der Waals surface area contributed by atoms with Crippen LogP contribution in [0.4, 0.5) is 18.3 Å². The molecule has 4 nitrogen and oxygen atoms in total. The Morgan fingerprint density at radius 3 is 2.73 bits per heavy atom. The normalized spacial score (nSPS) is 17.9. The fourth-order valence-corrected chi connectivity index (χ4v) is 3.72. The van der Waals surface area contributed by atoms with Crippen molar-refractivity contribution in [3.8, 4) is 0 Å². The molecule has 0 spiro atoms. The van der Waals surface area contributed by atoms with Crippen LogP contribution in [0.25, 0.3) is 0 Å². The highest BCUT2D eigenvalue weighted by atomic mass is 32.1. The Bertz CT molecular complexity index is 738. The van der Waals surface area contributed by atoms with Gasteiger partial charge in [-0.15, -0.1) is 11.3 Å². The van der Waals surface area contributed by atoms with Crippen LogP contribution in [-0.4, -0.2) is 24.1 Å². The molecule has 2 aromatic rings. The number of carbonyl (C=O) groups is 1. The molecule has 1 aliphatic heterocycles. The Morgan fingerprint density at radius 1 is 1.31 bits per heavy atom. The summed E-state index contributed by atoms with van der Waals surface area (Å²) in [7, 11) is 0. The third-order valence-electron chi connectivity index (χ3n) is 4.19. The molecule has 0 aliphatic carbocycles. The quantitative estimate of drug-likeness (QED) is 0.825. The standard InChI is InChI=1S/C18H19F3N2O2S/c19-18(20,21)14-5-3-12(4-6-14)8-15-10-22-17(26-15)23-16(24)9-13-2-1-7-25-11-13/h3-6,10,13H,1-2,7-9,11H2,(H,22,23,24). The molecule has 1 aliphatic rings. The molecule has 1 amide bonds. The maximum absolute atomic E-state index is 12.6. The number of amides is 1. The minimum atomic E-state index is -4.33. The molecule has 0 saturated carbocycles. The average Bonchev–Trinajstić information content (AvgIpc) is 3.02. The minimum Gasteiger partial charge on any atom is -0.381 e. The third-order valence-corrected chi connectivity index (χ3v) is 5.10. The van der Waals surface area contributed by atoms with E-state index in [1.807, 2.05) is 0 Å². The number of ether oxygens (including phenoxy) is 1. The second kappa shape index (κ2) is 8.18. The number of thiazole rings is 1. The number of aromatic nitrogens is 1. The van der Waals surface area contributed by atoms with E-state index in [1.54, 1.807) is 6.20 Å². The van der Waals surface area contributed by atoms with E-state index in [0.717, 1.165) is 42.0 Å². The predicted molar refractivity (Wildman–Crippen MR) is 93.2 cm³/mol. The lowest BCUT2D eigenvalue weighted by Crippen LogP contribution is -2.23. The number of nitrogens with one attached hydrogen (secondary N) is 1. The molecule has 1 unspecified atom stereocenters. The number of halogens is 3. The SMILES string of the molecule is O=C(CC1CCCOC1)Nc1ncc(Cc2ccc(C(F)(F)F)cc2)s1. The summed E-state index contributed by atoms with van der Waals surface area (Å²) in [6.45, 7) is 1.38. The second-order valence-corrected chi connectivity index (χ2v) is 7.45. The number of anilines is 1. The fourth-order valence-electron chi connectivity index (χ4n) is 2.86. The second-order valence-electron chi connectivity index (χ2n) is 6.34. The number of alkyl halides is 3. The van der Waals surface area contributed by atoms with Crippen molar-refractivity contribution >= 4 is 22.4 Å². The molecular weight excluding hydrogens is 365 g/mol. The topological polar surface area (TPSA) is 51.2 Å². The van der Waals surface area contributed by atoms with Gasteiger partial charge in [-0.3, -0.25) is 4.79 Å². The summed E-state index contributed by atoms with van der Waals surface area (Å²) in [5.41, 5.74) is 0.101. The highest BCUT2D eigenvalue weighted by molar-refractivity contribution is 7.15. The molecule has 3 rings (SSSR count). The van der Waals surface area contributed by atoms with E-state index in [0.29, 0.717) is 24.6 Å². The number of hydrogen-bond acceptors (Lipinski definition) is 4. The summed E-state index contributed by atoms with van der Waals surface area (Å²) < 4.78 is 43.1.